The highest BCUT2D eigenvalue weighted by molar-refractivity contribution is 5.85. The van der Waals surface area contributed by atoms with E-state index in [1.165, 1.54) is 0 Å². The highest BCUT2D eigenvalue weighted by Crippen LogP contribution is 2.41. The normalized spacial score (nSPS) is 23.5. The predicted molar refractivity (Wildman–Crippen MR) is 97.4 cm³/mol. The van der Waals surface area contributed by atoms with Gasteiger partial charge in [-0.05, 0) is 26.3 Å². The lowest BCUT2D eigenvalue weighted by molar-refractivity contribution is -0.144. The van der Waals surface area contributed by atoms with E-state index in [-0.39, 0.29) is 23.0 Å². The summed E-state index contributed by atoms with van der Waals surface area (Å²) in [4.78, 5) is 15.0. The average molecular weight is 330 g/mol. The van der Waals surface area contributed by atoms with Crippen molar-refractivity contribution in [3.05, 3.63) is 48.6 Å². The molecule has 2 rings (SSSR count). The van der Waals surface area contributed by atoms with Crippen molar-refractivity contribution in [2.45, 2.75) is 59.0 Å². The number of carbonyl (C=O) groups is 1. The molecule has 1 fully saturated rings. The highest BCUT2D eigenvalue weighted by Gasteiger charge is 2.57. The summed E-state index contributed by atoms with van der Waals surface area (Å²) in [5.41, 5.74) is 0.450. The van der Waals surface area contributed by atoms with E-state index in [1.54, 1.807) is 0 Å². The second-order valence-electron chi connectivity index (χ2n) is 7.98. The lowest BCUT2D eigenvalue weighted by Crippen LogP contribution is -2.56. The number of benzene rings is 1. The molecule has 1 N–H and O–H groups in total. The molecule has 0 aliphatic carbocycles. The molecule has 0 radical (unpaired) electrons. The van der Waals surface area contributed by atoms with Crippen molar-refractivity contribution in [3.63, 3.8) is 0 Å². The van der Waals surface area contributed by atoms with Gasteiger partial charge in [0.05, 0.1) is 12.8 Å². The molecule has 0 saturated carbocycles. The molecule has 0 unspecified atom stereocenters. The summed E-state index contributed by atoms with van der Waals surface area (Å²) in [6.45, 7) is 15.2. The van der Waals surface area contributed by atoms with Crippen molar-refractivity contribution in [2.24, 2.45) is 5.41 Å². The summed E-state index contributed by atoms with van der Waals surface area (Å²) in [7, 11) is 0. The van der Waals surface area contributed by atoms with Gasteiger partial charge in [-0.15, -0.1) is 6.58 Å². The number of nitrogens with zero attached hydrogens (tertiary/aromatic N) is 1. The molecule has 132 valence electrons. The minimum atomic E-state index is -0.473. The van der Waals surface area contributed by atoms with E-state index in [4.69, 9.17) is 4.74 Å². The van der Waals surface area contributed by atoms with Crippen LogP contribution in [0.4, 0.5) is 0 Å². The third kappa shape index (κ3) is 3.70. The molecule has 1 aliphatic rings. The van der Waals surface area contributed by atoms with Crippen molar-refractivity contribution in [3.8, 4) is 0 Å². The summed E-state index contributed by atoms with van der Waals surface area (Å²) in [6.07, 6.45) is 1.25. The molecular weight excluding hydrogens is 300 g/mol. The molecule has 1 aromatic rings. The fourth-order valence-electron chi connectivity index (χ4n) is 3.35. The second kappa shape index (κ2) is 7.08. The van der Waals surface area contributed by atoms with Gasteiger partial charge in [-0.25, -0.2) is 0 Å². The van der Waals surface area contributed by atoms with Gasteiger partial charge in [0.15, 0.2) is 0 Å². The van der Waals surface area contributed by atoms with Crippen LogP contribution in [0.5, 0.6) is 0 Å². The molecule has 1 heterocycles. The molecule has 0 aromatic heterocycles. The van der Waals surface area contributed by atoms with Gasteiger partial charge in [0, 0.05) is 17.5 Å². The highest BCUT2D eigenvalue weighted by atomic mass is 16.5. The van der Waals surface area contributed by atoms with Crippen molar-refractivity contribution in [2.75, 3.05) is 6.54 Å². The molecule has 0 bridgehead atoms. The number of rotatable bonds is 6. The average Bonchev–Trinajstić information content (AvgIpc) is 2.70. The number of likely N-dealkylation sites (tertiary alicyclic amines) is 1. The number of ether oxygens (including phenoxy) is 1. The maximum atomic E-state index is 13.1. The first-order valence-electron chi connectivity index (χ1n) is 8.52. The van der Waals surface area contributed by atoms with E-state index >= 15 is 0 Å². The molecule has 1 saturated heterocycles. The molecule has 0 spiro atoms. The van der Waals surface area contributed by atoms with Gasteiger partial charge in [0.25, 0.3) is 5.91 Å². The van der Waals surface area contributed by atoms with E-state index in [0.717, 1.165) is 5.56 Å². The Hall–Kier alpha value is -1.65. The van der Waals surface area contributed by atoms with Crippen molar-refractivity contribution < 1.29 is 9.53 Å². The number of hydrogen-bond donors (Lipinski definition) is 1. The van der Waals surface area contributed by atoms with Crippen LogP contribution in [0.3, 0.4) is 0 Å². The first kappa shape index (κ1) is 18.7. The Balaban J connectivity index is 2.23. The Morgan fingerprint density at radius 1 is 1.29 bits per heavy atom. The first-order valence-corrected chi connectivity index (χ1v) is 8.52. The lowest BCUT2D eigenvalue weighted by Gasteiger charge is -2.40. The van der Waals surface area contributed by atoms with Crippen LogP contribution >= 0.6 is 0 Å². The number of nitrogens with one attached hydrogen (secondary N) is 1. The van der Waals surface area contributed by atoms with E-state index in [2.05, 4.69) is 46.5 Å². The van der Waals surface area contributed by atoms with Gasteiger partial charge in [-0.3, -0.25) is 10.1 Å². The molecule has 4 nitrogen and oxygen atoms in total. The Morgan fingerprint density at radius 2 is 1.92 bits per heavy atom. The summed E-state index contributed by atoms with van der Waals surface area (Å²) in [6, 6.07) is 9.97. The standard InChI is InChI=1S/C20H30N2O2/c1-7-13-21-18-20(5,6)16(17(23)22(18)19(2,3)4)24-14-15-11-9-8-10-12-15/h7-12,16,18,21H,1,13-14H2,2-6H3/t16-,18+/m1/s1. The topological polar surface area (TPSA) is 41.6 Å². The van der Waals surface area contributed by atoms with E-state index < -0.39 is 6.10 Å². The molecule has 1 aliphatic heterocycles. The molecule has 1 amide bonds. The van der Waals surface area contributed by atoms with Gasteiger partial charge in [0.1, 0.15) is 6.10 Å². The third-order valence-corrected chi connectivity index (χ3v) is 4.54. The van der Waals surface area contributed by atoms with Gasteiger partial charge >= 0.3 is 0 Å². The largest absolute Gasteiger partial charge is 0.363 e. The SMILES string of the molecule is C=CCN[C@H]1N(C(C)(C)C)C(=O)[C@@H](OCc2ccccc2)C1(C)C. The van der Waals surface area contributed by atoms with Gasteiger partial charge in [-0.1, -0.05) is 50.3 Å². The Labute approximate surface area is 145 Å². The smallest absolute Gasteiger partial charge is 0.254 e. The Morgan fingerprint density at radius 3 is 2.46 bits per heavy atom. The molecular formula is C20H30N2O2. The number of amides is 1. The zero-order valence-electron chi connectivity index (χ0n) is 15.5. The minimum absolute atomic E-state index is 0.0463. The summed E-state index contributed by atoms with van der Waals surface area (Å²) in [5.74, 6) is 0.0463. The van der Waals surface area contributed by atoms with Crippen LogP contribution in [0.1, 0.15) is 40.2 Å². The van der Waals surface area contributed by atoms with Crippen LogP contribution < -0.4 is 5.32 Å². The zero-order chi connectivity index (χ0) is 18.0. The number of hydrogen-bond acceptors (Lipinski definition) is 3. The third-order valence-electron chi connectivity index (χ3n) is 4.54. The van der Waals surface area contributed by atoms with Crippen LogP contribution in [0, 0.1) is 5.41 Å². The Kier molecular flexibility index (Phi) is 5.51. The van der Waals surface area contributed by atoms with E-state index in [1.807, 2.05) is 41.3 Å². The monoisotopic (exact) mass is 330 g/mol. The van der Waals surface area contributed by atoms with E-state index in [0.29, 0.717) is 13.2 Å². The Bertz CT molecular complexity index is 575. The zero-order valence-corrected chi connectivity index (χ0v) is 15.5. The van der Waals surface area contributed by atoms with Crippen LogP contribution in [0.2, 0.25) is 0 Å². The predicted octanol–water partition coefficient (Wildman–Crippen LogP) is 3.34. The lowest BCUT2D eigenvalue weighted by atomic mass is 9.86. The van der Waals surface area contributed by atoms with Gasteiger partial charge < -0.3 is 9.64 Å². The summed E-state index contributed by atoms with van der Waals surface area (Å²) in [5, 5.41) is 3.44. The molecule has 1 aromatic carbocycles. The van der Waals surface area contributed by atoms with Crippen molar-refractivity contribution >= 4 is 5.91 Å². The molecule has 4 heteroatoms. The van der Waals surface area contributed by atoms with E-state index in [9.17, 15) is 4.79 Å². The fraction of sp³-hybridized carbons (Fsp3) is 0.550. The number of carbonyl (C=O) groups excluding carboxylic acids is 1. The molecule has 2 atom stereocenters. The molecule has 24 heavy (non-hydrogen) atoms. The van der Waals surface area contributed by atoms with Crippen LogP contribution in [-0.2, 0) is 16.1 Å². The maximum Gasteiger partial charge on any atom is 0.254 e. The maximum absolute atomic E-state index is 13.1. The van der Waals surface area contributed by atoms with Crippen LogP contribution in [0.15, 0.2) is 43.0 Å². The van der Waals surface area contributed by atoms with Gasteiger partial charge in [-0.2, -0.15) is 0 Å². The van der Waals surface area contributed by atoms with Crippen molar-refractivity contribution in [1.29, 1.82) is 0 Å². The van der Waals surface area contributed by atoms with Crippen LogP contribution in [-0.4, -0.2) is 35.2 Å². The second-order valence-corrected chi connectivity index (χ2v) is 7.98. The fourth-order valence-corrected chi connectivity index (χ4v) is 3.35. The van der Waals surface area contributed by atoms with Crippen LogP contribution in [0.25, 0.3) is 0 Å². The van der Waals surface area contributed by atoms with Crippen molar-refractivity contribution in [1.82, 2.24) is 10.2 Å². The quantitative estimate of drug-likeness (QED) is 0.814. The first-order chi connectivity index (χ1) is 11.2. The minimum Gasteiger partial charge on any atom is -0.363 e. The summed E-state index contributed by atoms with van der Waals surface area (Å²) < 4.78 is 6.10. The summed E-state index contributed by atoms with van der Waals surface area (Å²) >= 11 is 0. The van der Waals surface area contributed by atoms with Gasteiger partial charge in [0.2, 0.25) is 0 Å².